The van der Waals surface area contributed by atoms with Crippen molar-refractivity contribution >= 4 is 16.4 Å². The molecule has 134 valence electrons. The SMILES string of the molecule is CO[Si](C)(C)CCCOCC(C)OCCC[Si](C)(CO)CO. The molecule has 1 atom stereocenters. The first-order valence-electron chi connectivity index (χ1n) is 8.25. The van der Waals surface area contributed by atoms with E-state index < -0.39 is 16.4 Å². The smallest absolute Gasteiger partial charge is 0.186 e. The van der Waals surface area contributed by atoms with Crippen molar-refractivity contribution in [3.8, 4) is 0 Å². The second kappa shape index (κ2) is 11.7. The van der Waals surface area contributed by atoms with E-state index in [2.05, 4.69) is 13.1 Å². The van der Waals surface area contributed by atoms with E-state index in [4.69, 9.17) is 13.9 Å². The summed E-state index contributed by atoms with van der Waals surface area (Å²) in [6.07, 6.45) is 2.30. The lowest BCUT2D eigenvalue weighted by molar-refractivity contribution is -0.00637. The minimum Gasteiger partial charge on any atom is -0.420 e. The van der Waals surface area contributed by atoms with Crippen LogP contribution in [0.4, 0.5) is 0 Å². The molecule has 7 heteroatoms. The molecule has 0 aromatic rings. The van der Waals surface area contributed by atoms with Crippen LogP contribution in [-0.2, 0) is 13.9 Å². The molecule has 1 unspecified atom stereocenters. The van der Waals surface area contributed by atoms with Crippen molar-refractivity contribution in [3.05, 3.63) is 0 Å². The summed E-state index contributed by atoms with van der Waals surface area (Å²) in [6.45, 7) is 10.5. The molecule has 0 bridgehead atoms. The van der Waals surface area contributed by atoms with Gasteiger partial charge in [-0.2, -0.15) is 0 Å². The van der Waals surface area contributed by atoms with Gasteiger partial charge in [-0.05, 0) is 38.9 Å². The molecule has 0 rings (SSSR count). The predicted molar refractivity (Wildman–Crippen MR) is 95.4 cm³/mol. The summed E-state index contributed by atoms with van der Waals surface area (Å²) in [5.74, 6) is 0. The lowest BCUT2D eigenvalue weighted by atomic mass is 10.4. The Labute approximate surface area is 138 Å². The van der Waals surface area contributed by atoms with Gasteiger partial charge < -0.3 is 24.1 Å². The second-order valence-corrected chi connectivity index (χ2v) is 16.2. The van der Waals surface area contributed by atoms with Gasteiger partial charge in [0.25, 0.3) is 0 Å². The van der Waals surface area contributed by atoms with Crippen molar-refractivity contribution in [1.82, 2.24) is 0 Å². The second-order valence-electron chi connectivity index (χ2n) is 7.05. The molecule has 22 heavy (non-hydrogen) atoms. The van der Waals surface area contributed by atoms with E-state index in [0.717, 1.165) is 31.5 Å². The van der Waals surface area contributed by atoms with Gasteiger partial charge in [-0.3, -0.25) is 0 Å². The van der Waals surface area contributed by atoms with Crippen LogP contribution in [0, 0.1) is 0 Å². The van der Waals surface area contributed by atoms with Gasteiger partial charge >= 0.3 is 0 Å². The Morgan fingerprint density at radius 1 is 0.955 bits per heavy atom. The summed E-state index contributed by atoms with van der Waals surface area (Å²) in [4.78, 5) is 0. The fraction of sp³-hybridized carbons (Fsp3) is 1.00. The molecular formula is C15H36O5Si2. The zero-order valence-corrected chi connectivity index (χ0v) is 17.1. The molecular weight excluding hydrogens is 316 g/mol. The Morgan fingerprint density at radius 3 is 2.09 bits per heavy atom. The number of ether oxygens (including phenoxy) is 2. The van der Waals surface area contributed by atoms with Crippen LogP contribution in [0.2, 0.25) is 31.7 Å². The first-order valence-corrected chi connectivity index (χ1v) is 14.5. The fourth-order valence-corrected chi connectivity index (χ4v) is 4.61. The molecule has 5 nitrogen and oxygen atoms in total. The maximum absolute atomic E-state index is 9.27. The number of rotatable bonds is 14. The Balaban J connectivity index is 3.57. The zero-order chi connectivity index (χ0) is 17.1. The van der Waals surface area contributed by atoms with Crippen molar-refractivity contribution in [2.75, 3.05) is 39.4 Å². The van der Waals surface area contributed by atoms with Crippen LogP contribution in [0.5, 0.6) is 0 Å². The molecule has 0 saturated carbocycles. The topological polar surface area (TPSA) is 68.2 Å². The summed E-state index contributed by atoms with van der Waals surface area (Å²) in [5, 5.41) is 18.5. The average molecular weight is 353 g/mol. The molecule has 2 N–H and O–H groups in total. The third-order valence-corrected chi connectivity index (χ3v) is 9.81. The molecule has 0 aromatic carbocycles. The highest BCUT2D eigenvalue weighted by atomic mass is 28.4. The Morgan fingerprint density at radius 2 is 1.55 bits per heavy atom. The van der Waals surface area contributed by atoms with Crippen molar-refractivity contribution < 1.29 is 24.1 Å². The predicted octanol–water partition coefficient (Wildman–Crippen LogP) is 2.18. The number of aliphatic hydroxyl groups is 2. The number of hydrogen-bond acceptors (Lipinski definition) is 5. The van der Waals surface area contributed by atoms with Crippen molar-refractivity contribution in [1.29, 1.82) is 0 Å². The van der Waals surface area contributed by atoms with Crippen molar-refractivity contribution in [2.45, 2.75) is 57.6 Å². The Hall–Kier alpha value is 0.234. The standard InChI is InChI=1S/C15H36O5Si2/c1-15(12-19-8-6-10-21(3,4)18-2)20-9-7-11-22(5,13-16)14-17/h15-17H,6-14H2,1-5H3. The summed E-state index contributed by atoms with van der Waals surface area (Å²) in [6, 6.07) is 2.01. The molecule has 0 radical (unpaired) electrons. The van der Waals surface area contributed by atoms with Gasteiger partial charge in [-0.1, -0.05) is 12.6 Å². The molecule has 0 heterocycles. The minimum absolute atomic E-state index is 0.0869. The Kier molecular flexibility index (Phi) is 11.8. The molecule has 0 aromatic heterocycles. The molecule has 0 aliphatic heterocycles. The van der Waals surface area contributed by atoms with Crippen LogP contribution in [0.25, 0.3) is 0 Å². The number of aliphatic hydroxyl groups excluding tert-OH is 2. The lowest BCUT2D eigenvalue weighted by Gasteiger charge is -2.22. The van der Waals surface area contributed by atoms with Crippen LogP contribution in [0.15, 0.2) is 0 Å². The monoisotopic (exact) mass is 352 g/mol. The van der Waals surface area contributed by atoms with Crippen molar-refractivity contribution in [3.63, 3.8) is 0 Å². The van der Waals surface area contributed by atoms with Crippen LogP contribution < -0.4 is 0 Å². The van der Waals surface area contributed by atoms with E-state index in [9.17, 15) is 10.2 Å². The minimum atomic E-state index is -1.84. The fourth-order valence-electron chi connectivity index (χ4n) is 1.99. The first kappa shape index (κ1) is 22.2. The summed E-state index contributed by atoms with van der Waals surface area (Å²) in [5.41, 5.74) is 0. The van der Waals surface area contributed by atoms with Gasteiger partial charge in [0.1, 0.15) is 8.07 Å². The summed E-state index contributed by atoms with van der Waals surface area (Å²) in [7, 11) is -1.49. The molecule has 0 amide bonds. The van der Waals surface area contributed by atoms with Crippen LogP contribution in [0.3, 0.4) is 0 Å². The third kappa shape index (κ3) is 10.9. The van der Waals surface area contributed by atoms with E-state index in [1.165, 1.54) is 0 Å². The summed E-state index contributed by atoms with van der Waals surface area (Å²) < 4.78 is 16.9. The van der Waals surface area contributed by atoms with Crippen LogP contribution >= 0.6 is 0 Å². The lowest BCUT2D eigenvalue weighted by Crippen LogP contribution is -2.40. The van der Waals surface area contributed by atoms with Gasteiger partial charge in [-0.25, -0.2) is 0 Å². The summed E-state index contributed by atoms with van der Waals surface area (Å²) >= 11 is 0. The van der Waals surface area contributed by atoms with E-state index in [0.29, 0.717) is 13.2 Å². The van der Waals surface area contributed by atoms with E-state index in [1.807, 2.05) is 13.5 Å². The van der Waals surface area contributed by atoms with E-state index >= 15 is 0 Å². The molecule has 0 fully saturated rings. The molecule has 0 saturated heterocycles. The van der Waals surface area contributed by atoms with Gasteiger partial charge in [0.2, 0.25) is 0 Å². The van der Waals surface area contributed by atoms with Crippen LogP contribution in [0.1, 0.15) is 19.8 Å². The van der Waals surface area contributed by atoms with Gasteiger partial charge in [0, 0.05) is 32.8 Å². The molecule has 0 aliphatic rings. The van der Waals surface area contributed by atoms with Crippen LogP contribution in [-0.4, -0.2) is 72.1 Å². The normalized spacial score (nSPS) is 14.3. The van der Waals surface area contributed by atoms with Gasteiger partial charge in [-0.15, -0.1) is 0 Å². The highest BCUT2D eigenvalue weighted by Crippen LogP contribution is 2.13. The largest absolute Gasteiger partial charge is 0.420 e. The maximum Gasteiger partial charge on any atom is 0.186 e. The highest BCUT2D eigenvalue weighted by Gasteiger charge is 2.24. The third-order valence-electron chi connectivity index (χ3n) is 4.06. The maximum atomic E-state index is 9.27. The average Bonchev–Trinajstić information content (AvgIpc) is 2.51. The first-order chi connectivity index (χ1) is 10.3. The Bertz CT molecular complexity index is 273. The van der Waals surface area contributed by atoms with E-state index in [-0.39, 0.29) is 18.6 Å². The van der Waals surface area contributed by atoms with Gasteiger partial charge in [0.05, 0.1) is 12.7 Å². The quantitative estimate of drug-likeness (QED) is 0.370. The van der Waals surface area contributed by atoms with E-state index in [1.54, 1.807) is 7.11 Å². The molecule has 0 aliphatic carbocycles. The van der Waals surface area contributed by atoms with Gasteiger partial charge in [0.15, 0.2) is 8.32 Å². The molecule has 0 spiro atoms. The zero-order valence-electron chi connectivity index (χ0n) is 15.1. The highest BCUT2D eigenvalue weighted by molar-refractivity contribution is 6.78. The van der Waals surface area contributed by atoms with Crippen molar-refractivity contribution in [2.24, 2.45) is 0 Å². The number of hydrogen-bond donors (Lipinski definition) is 2.